The molecule has 2 rings (SSSR count). The molecule has 0 radical (unpaired) electrons. The van der Waals surface area contributed by atoms with E-state index >= 15 is 0 Å². The highest BCUT2D eigenvalue weighted by Crippen LogP contribution is 2.20. The van der Waals surface area contributed by atoms with E-state index in [0.29, 0.717) is 12.2 Å². The molecule has 0 amide bonds. The normalized spacial score (nSPS) is 14.3. The molecule has 5 nitrogen and oxygen atoms in total. The van der Waals surface area contributed by atoms with Crippen molar-refractivity contribution in [2.45, 2.75) is 32.6 Å². The lowest BCUT2D eigenvalue weighted by molar-refractivity contribution is 0.0516. The Morgan fingerprint density at radius 2 is 2.06 bits per heavy atom. The first-order valence-electron chi connectivity index (χ1n) is 5.51. The molecule has 1 aliphatic carbocycles. The lowest BCUT2D eigenvalue weighted by Crippen LogP contribution is -2.25. The summed E-state index contributed by atoms with van der Waals surface area (Å²) in [7, 11) is 0. The van der Waals surface area contributed by atoms with Crippen molar-refractivity contribution in [2.24, 2.45) is 0 Å². The summed E-state index contributed by atoms with van der Waals surface area (Å²) in [5.41, 5.74) is 1.57. The van der Waals surface area contributed by atoms with Crippen molar-refractivity contribution in [3.05, 3.63) is 27.2 Å². The predicted octanol–water partition coefficient (Wildman–Crippen LogP) is 0.825. The molecule has 5 heteroatoms. The average Bonchev–Trinajstić information content (AvgIpc) is 2.30. The van der Waals surface area contributed by atoms with Crippen molar-refractivity contribution < 1.29 is 9.53 Å². The van der Waals surface area contributed by atoms with Crippen LogP contribution >= 0.6 is 0 Å². The summed E-state index contributed by atoms with van der Waals surface area (Å²) in [4.78, 5) is 23.1. The van der Waals surface area contributed by atoms with Crippen LogP contribution in [0.5, 0.6) is 0 Å². The van der Waals surface area contributed by atoms with Crippen LogP contribution in [0.3, 0.4) is 0 Å². The van der Waals surface area contributed by atoms with Gasteiger partial charge < -0.3 is 4.74 Å². The zero-order chi connectivity index (χ0) is 11.5. The molecule has 1 aliphatic rings. The number of nitrogens with one attached hydrogen (secondary N) is 1. The molecule has 1 aromatic rings. The van der Waals surface area contributed by atoms with Gasteiger partial charge in [-0.25, -0.2) is 9.89 Å². The van der Waals surface area contributed by atoms with Crippen molar-refractivity contribution in [2.75, 3.05) is 6.61 Å². The number of nitrogens with zero attached hydrogens (tertiary/aromatic N) is 1. The molecule has 1 heterocycles. The van der Waals surface area contributed by atoms with Crippen molar-refractivity contribution in [3.63, 3.8) is 0 Å². The number of aromatic nitrogens is 2. The van der Waals surface area contributed by atoms with Gasteiger partial charge in [0.25, 0.3) is 5.56 Å². The van der Waals surface area contributed by atoms with Crippen molar-refractivity contribution in [1.82, 2.24) is 10.2 Å². The third kappa shape index (κ3) is 1.85. The number of fused-ring (bicyclic) bond motifs is 1. The van der Waals surface area contributed by atoms with Crippen molar-refractivity contribution >= 4 is 5.97 Å². The summed E-state index contributed by atoms with van der Waals surface area (Å²) in [5.74, 6) is -0.447. The van der Waals surface area contributed by atoms with Gasteiger partial charge in [0.15, 0.2) is 5.69 Å². The van der Waals surface area contributed by atoms with E-state index in [-0.39, 0.29) is 11.3 Å². The molecule has 86 valence electrons. The number of hydrogen-bond donors (Lipinski definition) is 1. The van der Waals surface area contributed by atoms with Crippen LogP contribution in [0.4, 0.5) is 0 Å². The maximum absolute atomic E-state index is 11.6. The molecule has 0 aliphatic heterocycles. The average molecular weight is 222 g/mol. The van der Waals surface area contributed by atoms with Gasteiger partial charge >= 0.3 is 5.97 Å². The third-order valence-corrected chi connectivity index (χ3v) is 2.77. The van der Waals surface area contributed by atoms with Crippen LogP contribution < -0.4 is 5.56 Å². The standard InChI is InChI=1S/C11H14N2O3/c1-2-16-11(15)9-7-5-3-4-6-8(7)10(14)13-12-9/h2-6H2,1H3,(H,13,14). The molecule has 0 bridgehead atoms. The van der Waals surface area contributed by atoms with Crippen LogP contribution in [-0.4, -0.2) is 22.8 Å². The summed E-state index contributed by atoms with van der Waals surface area (Å²) < 4.78 is 4.91. The quantitative estimate of drug-likeness (QED) is 0.752. The smallest absolute Gasteiger partial charge is 0.359 e. The van der Waals surface area contributed by atoms with Gasteiger partial charge in [-0.1, -0.05) is 0 Å². The molecule has 16 heavy (non-hydrogen) atoms. The summed E-state index contributed by atoms with van der Waals surface area (Å²) in [6, 6.07) is 0. The second kappa shape index (κ2) is 4.47. The lowest BCUT2D eigenvalue weighted by atomic mass is 9.92. The minimum Gasteiger partial charge on any atom is -0.461 e. The molecule has 0 spiro atoms. The van der Waals surface area contributed by atoms with Crippen LogP contribution in [0, 0.1) is 0 Å². The van der Waals surface area contributed by atoms with Crippen LogP contribution in [0.1, 0.15) is 41.4 Å². The van der Waals surface area contributed by atoms with Crippen molar-refractivity contribution in [3.8, 4) is 0 Å². The van der Waals surface area contributed by atoms with E-state index in [1.54, 1.807) is 6.92 Å². The van der Waals surface area contributed by atoms with Crippen LogP contribution in [-0.2, 0) is 17.6 Å². The highest BCUT2D eigenvalue weighted by atomic mass is 16.5. The first-order valence-corrected chi connectivity index (χ1v) is 5.51. The molecule has 0 aromatic carbocycles. The molecule has 0 unspecified atom stereocenters. The lowest BCUT2D eigenvalue weighted by Gasteiger charge is -2.16. The fraction of sp³-hybridized carbons (Fsp3) is 0.545. The van der Waals surface area contributed by atoms with E-state index in [1.807, 2.05) is 0 Å². The minimum absolute atomic E-state index is 0.178. The Labute approximate surface area is 92.8 Å². The Bertz CT molecular complexity index is 465. The number of esters is 1. The van der Waals surface area contributed by atoms with E-state index in [9.17, 15) is 9.59 Å². The zero-order valence-corrected chi connectivity index (χ0v) is 9.21. The summed E-state index contributed by atoms with van der Waals surface area (Å²) in [6.07, 6.45) is 3.44. The van der Waals surface area contributed by atoms with E-state index in [2.05, 4.69) is 10.2 Å². The number of carbonyl (C=O) groups is 1. The summed E-state index contributed by atoms with van der Waals surface area (Å²) in [5, 5.41) is 6.16. The zero-order valence-electron chi connectivity index (χ0n) is 9.21. The van der Waals surface area contributed by atoms with Crippen LogP contribution in [0.2, 0.25) is 0 Å². The second-order valence-corrected chi connectivity index (χ2v) is 3.79. The van der Waals surface area contributed by atoms with E-state index in [4.69, 9.17) is 4.74 Å². The first kappa shape index (κ1) is 10.9. The maximum atomic E-state index is 11.6. The Hall–Kier alpha value is -1.65. The van der Waals surface area contributed by atoms with Gasteiger partial charge in [0.1, 0.15) is 0 Å². The SMILES string of the molecule is CCOC(=O)c1n[nH]c(=O)c2c1CCCC2. The first-order chi connectivity index (χ1) is 7.74. The van der Waals surface area contributed by atoms with Gasteiger partial charge in [0, 0.05) is 5.56 Å². The van der Waals surface area contributed by atoms with Gasteiger partial charge in [-0.3, -0.25) is 4.79 Å². The van der Waals surface area contributed by atoms with E-state index < -0.39 is 5.97 Å². The Kier molecular flexibility index (Phi) is 3.03. The van der Waals surface area contributed by atoms with Gasteiger partial charge in [0.05, 0.1) is 6.61 Å². The van der Waals surface area contributed by atoms with Gasteiger partial charge in [-0.05, 0) is 38.2 Å². The number of aromatic amines is 1. The molecule has 0 fully saturated rings. The van der Waals surface area contributed by atoms with Crippen LogP contribution in [0.15, 0.2) is 4.79 Å². The molecule has 0 saturated carbocycles. The highest BCUT2D eigenvalue weighted by Gasteiger charge is 2.22. The maximum Gasteiger partial charge on any atom is 0.359 e. The minimum atomic E-state index is -0.447. The third-order valence-electron chi connectivity index (χ3n) is 2.77. The molecule has 0 atom stereocenters. The molecular weight excluding hydrogens is 208 g/mol. The van der Waals surface area contributed by atoms with E-state index in [1.165, 1.54) is 0 Å². The topological polar surface area (TPSA) is 72.0 Å². The number of carbonyl (C=O) groups excluding carboxylic acids is 1. The number of H-pyrrole nitrogens is 1. The Balaban J connectivity index is 2.47. The number of ether oxygens (including phenoxy) is 1. The molecule has 1 N–H and O–H groups in total. The van der Waals surface area contributed by atoms with Crippen LogP contribution in [0.25, 0.3) is 0 Å². The fourth-order valence-electron chi connectivity index (χ4n) is 2.03. The van der Waals surface area contributed by atoms with Gasteiger partial charge in [0.2, 0.25) is 0 Å². The fourth-order valence-corrected chi connectivity index (χ4v) is 2.03. The summed E-state index contributed by atoms with van der Waals surface area (Å²) in [6.45, 7) is 2.06. The van der Waals surface area contributed by atoms with Crippen molar-refractivity contribution in [1.29, 1.82) is 0 Å². The summed E-state index contributed by atoms with van der Waals surface area (Å²) >= 11 is 0. The molecule has 0 saturated heterocycles. The molecule has 1 aromatic heterocycles. The Morgan fingerprint density at radius 1 is 1.38 bits per heavy atom. The van der Waals surface area contributed by atoms with E-state index in [0.717, 1.165) is 31.2 Å². The monoisotopic (exact) mass is 222 g/mol. The van der Waals surface area contributed by atoms with Gasteiger partial charge in [-0.15, -0.1) is 0 Å². The predicted molar refractivity (Wildman–Crippen MR) is 57.5 cm³/mol. The largest absolute Gasteiger partial charge is 0.461 e. The molecular formula is C11H14N2O3. The highest BCUT2D eigenvalue weighted by molar-refractivity contribution is 5.89. The second-order valence-electron chi connectivity index (χ2n) is 3.79. The van der Waals surface area contributed by atoms with Gasteiger partial charge in [-0.2, -0.15) is 5.10 Å². The number of hydrogen-bond acceptors (Lipinski definition) is 4. The Morgan fingerprint density at radius 3 is 2.75 bits per heavy atom. The number of rotatable bonds is 2.